The van der Waals surface area contributed by atoms with Crippen molar-refractivity contribution in [1.82, 2.24) is 4.98 Å². The van der Waals surface area contributed by atoms with E-state index < -0.39 is 0 Å². The minimum Gasteiger partial charge on any atom is -0.440 e. The first kappa shape index (κ1) is 13.5. The fraction of sp³-hybridized carbons (Fsp3) is 0.231. The molecule has 1 aromatic carbocycles. The van der Waals surface area contributed by atoms with Crippen LogP contribution in [0.2, 0.25) is 0 Å². The molecular formula is C13H15N3O2S. The number of nitrogens with two attached hydrogens (primary N) is 1. The van der Waals surface area contributed by atoms with E-state index in [1.165, 1.54) is 11.8 Å². The van der Waals surface area contributed by atoms with Gasteiger partial charge >= 0.3 is 0 Å². The van der Waals surface area contributed by atoms with Gasteiger partial charge in [-0.3, -0.25) is 4.79 Å². The van der Waals surface area contributed by atoms with Gasteiger partial charge in [0.25, 0.3) is 5.22 Å². The van der Waals surface area contributed by atoms with Gasteiger partial charge in [0.1, 0.15) is 6.26 Å². The Hall–Kier alpha value is -1.95. The molecule has 19 heavy (non-hydrogen) atoms. The molecule has 0 aliphatic carbocycles. The summed E-state index contributed by atoms with van der Waals surface area (Å²) >= 11 is 1.42. The summed E-state index contributed by atoms with van der Waals surface area (Å²) in [6.07, 6.45) is 1.99. The van der Waals surface area contributed by atoms with Gasteiger partial charge in [-0.1, -0.05) is 11.8 Å². The molecule has 0 aliphatic rings. The lowest BCUT2D eigenvalue weighted by atomic mass is 10.3. The van der Waals surface area contributed by atoms with Crippen molar-refractivity contribution in [1.29, 1.82) is 0 Å². The van der Waals surface area contributed by atoms with Gasteiger partial charge in [-0.05, 0) is 31.2 Å². The monoisotopic (exact) mass is 277 g/mol. The van der Waals surface area contributed by atoms with E-state index >= 15 is 0 Å². The molecule has 5 nitrogen and oxygen atoms in total. The van der Waals surface area contributed by atoms with Gasteiger partial charge in [0.2, 0.25) is 5.91 Å². The molecule has 6 heteroatoms. The minimum absolute atomic E-state index is 0.0412. The van der Waals surface area contributed by atoms with Crippen molar-refractivity contribution in [2.75, 3.05) is 16.8 Å². The first-order valence-corrected chi connectivity index (χ1v) is 6.82. The number of carbonyl (C=O) groups is 1. The number of amides is 1. The number of oxazole rings is 1. The normalized spacial score (nSPS) is 10.4. The number of hydrogen-bond donors (Lipinski definition) is 2. The number of aryl methyl sites for hydroxylation is 1. The third-order valence-electron chi connectivity index (χ3n) is 2.35. The second-order valence-corrected chi connectivity index (χ2v) is 5.07. The number of rotatable bonds is 5. The molecule has 0 aliphatic heterocycles. The lowest BCUT2D eigenvalue weighted by Crippen LogP contribution is -2.12. The van der Waals surface area contributed by atoms with Crippen LogP contribution in [0, 0.1) is 6.92 Å². The number of anilines is 2. The summed E-state index contributed by atoms with van der Waals surface area (Å²) in [6, 6.07) is 7.05. The number of nitrogens with zero attached hydrogens (tertiary/aromatic N) is 1. The van der Waals surface area contributed by atoms with Crippen molar-refractivity contribution in [3.63, 3.8) is 0 Å². The molecule has 0 atom stereocenters. The second kappa shape index (κ2) is 6.29. The van der Waals surface area contributed by atoms with Gasteiger partial charge in [0, 0.05) is 23.5 Å². The average molecular weight is 277 g/mol. The lowest BCUT2D eigenvalue weighted by molar-refractivity contribution is -0.115. The molecule has 3 N–H and O–H groups in total. The summed E-state index contributed by atoms with van der Waals surface area (Å²) in [7, 11) is 0. The highest BCUT2D eigenvalue weighted by Crippen LogP contribution is 2.18. The van der Waals surface area contributed by atoms with Crippen LogP contribution in [0.5, 0.6) is 0 Å². The van der Waals surface area contributed by atoms with E-state index in [0.29, 0.717) is 23.1 Å². The van der Waals surface area contributed by atoms with Crippen LogP contribution < -0.4 is 11.1 Å². The van der Waals surface area contributed by atoms with Crippen LogP contribution >= 0.6 is 11.8 Å². The Bertz CT molecular complexity index is 551. The number of benzene rings is 1. The molecule has 0 spiro atoms. The Morgan fingerprint density at radius 1 is 1.42 bits per heavy atom. The highest BCUT2D eigenvalue weighted by molar-refractivity contribution is 7.99. The highest BCUT2D eigenvalue weighted by atomic mass is 32.2. The van der Waals surface area contributed by atoms with E-state index in [1.54, 1.807) is 30.5 Å². The summed E-state index contributed by atoms with van der Waals surface area (Å²) in [4.78, 5) is 15.8. The molecule has 1 heterocycles. The molecule has 0 saturated heterocycles. The minimum atomic E-state index is -0.0412. The zero-order chi connectivity index (χ0) is 13.7. The maximum Gasteiger partial charge on any atom is 0.255 e. The molecule has 2 rings (SSSR count). The van der Waals surface area contributed by atoms with E-state index in [9.17, 15) is 4.79 Å². The smallest absolute Gasteiger partial charge is 0.255 e. The van der Waals surface area contributed by atoms with Crippen LogP contribution in [-0.4, -0.2) is 16.6 Å². The number of nitrogen functional groups attached to an aromatic ring is 1. The highest BCUT2D eigenvalue weighted by Gasteiger charge is 2.05. The quantitative estimate of drug-likeness (QED) is 0.648. The Balaban J connectivity index is 1.74. The topological polar surface area (TPSA) is 81.2 Å². The van der Waals surface area contributed by atoms with Crippen LogP contribution in [-0.2, 0) is 4.79 Å². The third-order valence-corrected chi connectivity index (χ3v) is 3.19. The molecule has 0 saturated carbocycles. The van der Waals surface area contributed by atoms with Crippen molar-refractivity contribution < 1.29 is 9.21 Å². The average Bonchev–Trinajstić information content (AvgIpc) is 2.78. The second-order valence-electron chi connectivity index (χ2n) is 4.02. The molecule has 1 amide bonds. The number of thioether (sulfide) groups is 1. The van der Waals surface area contributed by atoms with Crippen LogP contribution in [0.3, 0.4) is 0 Å². The van der Waals surface area contributed by atoms with Crippen LogP contribution in [0.4, 0.5) is 11.4 Å². The van der Waals surface area contributed by atoms with E-state index in [2.05, 4.69) is 10.3 Å². The van der Waals surface area contributed by atoms with Gasteiger partial charge in [-0.15, -0.1) is 0 Å². The number of nitrogens with one attached hydrogen (secondary N) is 1. The van der Waals surface area contributed by atoms with Crippen molar-refractivity contribution in [2.24, 2.45) is 0 Å². The largest absolute Gasteiger partial charge is 0.440 e. The van der Waals surface area contributed by atoms with E-state index in [-0.39, 0.29) is 5.91 Å². The maximum atomic E-state index is 11.7. The lowest BCUT2D eigenvalue weighted by Gasteiger charge is -2.04. The zero-order valence-electron chi connectivity index (χ0n) is 10.6. The fourth-order valence-corrected chi connectivity index (χ4v) is 2.21. The predicted octanol–water partition coefficient (Wildman–Crippen LogP) is 2.69. The molecule has 100 valence electrons. The molecular weight excluding hydrogens is 262 g/mol. The predicted molar refractivity (Wildman–Crippen MR) is 76.1 cm³/mol. The molecule has 0 fully saturated rings. The number of aromatic nitrogens is 1. The first-order chi connectivity index (χ1) is 9.13. The van der Waals surface area contributed by atoms with E-state index in [0.717, 1.165) is 11.4 Å². The Kier molecular flexibility index (Phi) is 4.46. The van der Waals surface area contributed by atoms with E-state index in [1.807, 2.05) is 6.92 Å². The van der Waals surface area contributed by atoms with Gasteiger partial charge in [-0.25, -0.2) is 4.98 Å². The zero-order valence-corrected chi connectivity index (χ0v) is 11.4. The number of hydrogen-bond acceptors (Lipinski definition) is 5. The molecule has 2 aromatic rings. The van der Waals surface area contributed by atoms with E-state index in [4.69, 9.17) is 10.2 Å². The standard InChI is InChI=1S/C13H15N3O2S/c1-9-8-18-13(15-9)19-7-6-12(17)16-11-4-2-10(14)3-5-11/h2-5,8H,6-7,14H2,1H3,(H,16,17). The van der Waals surface area contributed by atoms with Gasteiger partial charge in [-0.2, -0.15) is 0 Å². The third kappa shape index (κ3) is 4.33. The summed E-state index contributed by atoms with van der Waals surface area (Å²) in [6.45, 7) is 1.86. The van der Waals surface area contributed by atoms with Crippen molar-refractivity contribution >= 4 is 29.0 Å². The molecule has 0 unspecified atom stereocenters. The van der Waals surface area contributed by atoms with Crippen LogP contribution in [0.15, 0.2) is 40.2 Å². The van der Waals surface area contributed by atoms with Crippen molar-refractivity contribution in [2.45, 2.75) is 18.6 Å². The van der Waals surface area contributed by atoms with Crippen LogP contribution in [0.25, 0.3) is 0 Å². The summed E-state index contributed by atoms with van der Waals surface area (Å²) in [5, 5.41) is 3.40. The Labute approximate surface area is 115 Å². The van der Waals surface area contributed by atoms with Crippen LogP contribution in [0.1, 0.15) is 12.1 Å². The van der Waals surface area contributed by atoms with Crippen molar-refractivity contribution in [3.8, 4) is 0 Å². The number of carbonyl (C=O) groups excluding carboxylic acids is 1. The van der Waals surface area contributed by atoms with Gasteiger partial charge in [0.05, 0.1) is 5.69 Å². The Morgan fingerprint density at radius 2 is 2.16 bits per heavy atom. The molecule has 1 aromatic heterocycles. The SMILES string of the molecule is Cc1coc(SCCC(=O)Nc2ccc(N)cc2)n1. The molecule has 0 bridgehead atoms. The summed E-state index contributed by atoms with van der Waals surface area (Å²) in [5.74, 6) is 0.585. The maximum absolute atomic E-state index is 11.7. The first-order valence-electron chi connectivity index (χ1n) is 5.84. The Morgan fingerprint density at radius 3 is 2.79 bits per heavy atom. The summed E-state index contributed by atoms with van der Waals surface area (Å²) in [5.41, 5.74) is 7.83. The fourth-order valence-electron chi connectivity index (χ4n) is 1.42. The van der Waals surface area contributed by atoms with Crippen molar-refractivity contribution in [3.05, 3.63) is 36.2 Å². The van der Waals surface area contributed by atoms with Gasteiger partial charge < -0.3 is 15.5 Å². The summed E-state index contributed by atoms with van der Waals surface area (Å²) < 4.78 is 5.18. The molecule has 0 radical (unpaired) electrons. The van der Waals surface area contributed by atoms with Gasteiger partial charge in [0.15, 0.2) is 0 Å².